The molecule has 0 atom stereocenters. The van der Waals surface area contributed by atoms with E-state index in [2.05, 4.69) is 5.10 Å². The van der Waals surface area contributed by atoms with Crippen molar-refractivity contribution < 1.29 is 4.79 Å². The molecule has 0 unspecified atom stereocenters. The minimum Gasteiger partial charge on any atom is -0.351 e. The Morgan fingerprint density at radius 2 is 2.23 bits per heavy atom. The molecule has 0 spiro atoms. The Morgan fingerprint density at radius 3 is 2.54 bits per heavy atom. The lowest BCUT2D eigenvalue weighted by Crippen LogP contribution is -2.32. The second kappa shape index (κ2) is 4.13. The van der Waals surface area contributed by atoms with E-state index in [0.29, 0.717) is 5.82 Å². The third-order valence-electron chi connectivity index (χ3n) is 1.78. The largest absolute Gasteiger partial charge is 0.351 e. The van der Waals surface area contributed by atoms with E-state index in [1.54, 1.807) is 17.8 Å². The first-order valence-corrected chi connectivity index (χ1v) is 3.56. The van der Waals surface area contributed by atoms with Crippen LogP contribution in [0.3, 0.4) is 0 Å². The molecule has 1 rings (SSSR count). The summed E-state index contributed by atoms with van der Waals surface area (Å²) in [6.07, 6.45) is 0. The number of nitrogens with two attached hydrogens (primary N) is 1. The molecular weight excluding hydrogens is 192 g/mol. The normalized spacial score (nSPS) is 9.15. The van der Waals surface area contributed by atoms with Crippen LogP contribution in [0.5, 0.6) is 0 Å². The van der Waals surface area contributed by atoms with E-state index in [9.17, 15) is 4.79 Å². The van der Waals surface area contributed by atoms with Gasteiger partial charge in [0.1, 0.15) is 0 Å². The van der Waals surface area contributed by atoms with Gasteiger partial charge < -0.3 is 5.73 Å². The number of halogens is 1. The predicted molar refractivity (Wildman–Crippen MR) is 53.2 cm³/mol. The van der Waals surface area contributed by atoms with Crippen molar-refractivity contribution in [1.82, 2.24) is 9.78 Å². The first-order chi connectivity index (χ1) is 5.52. The van der Waals surface area contributed by atoms with Crippen LogP contribution in [0.4, 0.5) is 10.6 Å². The standard InChI is InChI=1S/C7H12N4O.ClH/c1-5-4-6(9-11(5)3)10(2)7(8)12;/h4H,1-3H3,(H2,8,12);1H. The number of anilines is 1. The lowest BCUT2D eigenvalue weighted by atomic mass is 10.4. The molecule has 0 aliphatic rings. The average Bonchev–Trinajstić information content (AvgIpc) is 2.30. The maximum atomic E-state index is 10.7. The number of primary amides is 1. The molecule has 6 heteroatoms. The van der Waals surface area contributed by atoms with Gasteiger partial charge in [0.05, 0.1) is 0 Å². The van der Waals surface area contributed by atoms with Crippen molar-refractivity contribution in [3.8, 4) is 0 Å². The number of hydrogen-bond acceptors (Lipinski definition) is 2. The van der Waals surface area contributed by atoms with Gasteiger partial charge in [0, 0.05) is 25.9 Å². The summed E-state index contributed by atoms with van der Waals surface area (Å²) in [5.41, 5.74) is 6.05. The van der Waals surface area contributed by atoms with Crippen molar-refractivity contribution >= 4 is 24.3 Å². The van der Waals surface area contributed by atoms with Crippen LogP contribution >= 0.6 is 12.4 Å². The molecular formula is C7H13ClN4O. The number of carbonyl (C=O) groups excluding carboxylic acids is 1. The molecule has 2 N–H and O–H groups in total. The molecule has 0 saturated carbocycles. The molecule has 1 aromatic rings. The van der Waals surface area contributed by atoms with Crippen molar-refractivity contribution in [2.45, 2.75) is 6.92 Å². The van der Waals surface area contributed by atoms with Gasteiger partial charge in [-0.05, 0) is 6.92 Å². The molecule has 0 radical (unpaired) electrons. The summed E-state index contributed by atoms with van der Waals surface area (Å²) < 4.78 is 1.69. The zero-order chi connectivity index (χ0) is 9.30. The molecule has 0 aliphatic heterocycles. The third-order valence-corrected chi connectivity index (χ3v) is 1.78. The van der Waals surface area contributed by atoms with E-state index in [1.165, 1.54) is 4.90 Å². The monoisotopic (exact) mass is 204 g/mol. The minimum absolute atomic E-state index is 0. The number of urea groups is 1. The van der Waals surface area contributed by atoms with E-state index < -0.39 is 6.03 Å². The van der Waals surface area contributed by atoms with Crippen LogP contribution in [0.1, 0.15) is 5.69 Å². The van der Waals surface area contributed by atoms with Crippen LogP contribution in [0.2, 0.25) is 0 Å². The molecule has 0 aromatic carbocycles. The van der Waals surface area contributed by atoms with Gasteiger partial charge in [-0.2, -0.15) is 5.10 Å². The predicted octanol–water partition coefficient (Wildman–Crippen LogP) is 0.665. The van der Waals surface area contributed by atoms with Crippen LogP contribution in [-0.4, -0.2) is 22.9 Å². The molecule has 0 fully saturated rings. The Labute approximate surface area is 82.9 Å². The zero-order valence-electron chi connectivity index (χ0n) is 7.81. The first kappa shape index (κ1) is 11.8. The second-order valence-electron chi connectivity index (χ2n) is 2.66. The highest BCUT2D eigenvalue weighted by Gasteiger charge is 2.09. The van der Waals surface area contributed by atoms with E-state index in [-0.39, 0.29) is 12.4 Å². The van der Waals surface area contributed by atoms with Crippen LogP contribution in [0, 0.1) is 6.92 Å². The summed E-state index contributed by atoms with van der Waals surface area (Å²) in [4.78, 5) is 12.0. The van der Waals surface area contributed by atoms with Gasteiger partial charge in [0.25, 0.3) is 0 Å². The van der Waals surface area contributed by atoms with E-state index >= 15 is 0 Å². The Bertz CT molecular complexity index is 290. The van der Waals surface area contributed by atoms with Crippen LogP contribution in [0.25, 0.3) is 0 Å². The fourth-order valence-corrected chi connectivity index (χ4v) is 0.818. The molecule has 2 amide bonds. The number of aromatic nitrogens is 2. The van der Waals surface area contributed by atoms with Crippen LogP contribution in [0.15, 0.2) is 6.07 Å². The van der Waals surface area contributed by atoms with E-state index in [4.69, 9.17) is 5.73 Å². The van der Waals surface area contributed by atoms with Crippen molar-refractivity contribution in [1.29, 1.82) is 0 Å². The van der Waals surface area contributed by atoms with Crippen LogP contribution < -0.4 is 10.6 Å². The highest BCUT2D eigenvalue weighted by atomic mass is 35.5. The molecule has 1 aromatic heterocycles. The van der Waals surface area contributed by atoms with Gasteiger partial charge in [-0.3, -0.25) is 9.58 Å². The number of amides is 2. The molecule has 5 nitrogen and oxygen atoms in total. The van der Waals surface area contributed by atoms with Gasteiger partial charge in [0.15, 0.2) is 5.82 Å². The minimum atomic E-state index is -0.506. The van der Waals surface area contributed by atoms with Crippen molar-refractivity contribution in [2.75, 3.05) is 11.9 Å². The van der Waals surface area contributed by atoms with Gasteiger partial charge in [-0.15, -0.1) is 12.4 Å². The molecule has 0 saturated heterocycles. The summed E-state index contributed by atoms with van der Waals surface area (Å²) in [6.45, 7) is 1.91. The van der Waals surface area contributed by atoms with E-state index in [0.717, 1.165) is 5.69 Å². The summed E-state index contributed by atoms with van der Waals surface area (Å²) >= 11 is 0. The van der Waals surface area contributed by atoms with Crippen LogP contribution in [-0.2, 0) is 7.05 Å². The zero-order valence-corrected chi connectivity index (χ0v) is 8.63. The number of hydrogen-bond donors (Lipinski definition) is 1. The Hall–Kier alpha value is -1.23. The molecule has 74 valence electrons. The SMILES string of the molecule is Cc1cc(N(C)C(N)=O)nn1C.Cl. The number of rotatable bonds is 1. The van der Waals surface area contributed by atoms with E-state index in [1.807, 2.05) is 14.0 Å². The Kier molecular flexibility index (Phi) is 3.74. The number of carbonyl (C=O) groups is 1. The molecule has 0 bridgehead atoms. The maximum absolute atomic E-state index is 10.7. The van der Waals surface area contributed by atoms with Gasteiger partial charge in [-0.1, -0.05) is 0 Å². The quantitative estimate of drug-likeness (QED) is 0.731. The lowest BCUT2D eigenvalue weighted by molar-refractivity contribution is 0.255. The fourth-order valence-electron chi connectivity index (χ4n) is 0.818. The highest BCUT2D eigenvalue weighted by Crippen LogP contribution is 2.10. The van der Waals surface area contributed by atoms with Gasteiger partial charge in [-0.25, -0.2) is 4.79 Å². The second-order valence-corrected chi connectivity index (χ2v) is 2.66. The van der Waals surface area contributed by atoms with Crippen molar-refractivity contribution in [3.05, 3.63) is 11.8 Å². The highest BCUT2D eigenvalue weighted by molar-refractivity contribution is 5.88. The third kappa shape index (κ3) is 2.35. The topological polar surface area (TPSA) is 64.2 Å². The molecule has 1 heterocycles. The van der Waals surface area contributed by atoms with Gasteiger partial charge in [0.2, 0.25) is 0 Å². The smallest absolute Gasteiger partial charge is 0.320 e. The Balaban J connectivity index is 0.00000144. The summed E-state index contributed by atoms with van der Waals surface area (Å²) in [6, 6.07) is 1.29. The average molecular weight is 205 g/mol. The van der Waals surface area contributed by atoms with Gasteiger partial charge >= 0.3 is 6.03 Å². The number of nitrogens with zero attached hydrogens (tertiary/aromatic N) is 3. The summed E-state index contributed by atoms with van der Waals surface area (Å²) in [7, 11) is 3.40. The summed E-state index contributed by atoms with van der Waals surface area (Å²) in [5.74, 6) is 0.572. The maximum Gasteiger partial charge on any atom is 0.320 e. The lowest BCUT2D eigenvalue weighted by Gasteiger charge is -2.08. The van der Waals surface area contributed by atoms with Crippen molar-refractivity contribution in [3.63, 3.8) is 0 Å². The Morgan fingerprint density at radius 1 is 1.69 bits per heavy atom. The number of aryl methyl sites for hydroxylation is 2. The fraction of sp³-hybridized carbons (Fsp3) is 0.429. The van der Waals surface area contributed by atoms with Crippen molar-refractivity contribution in [2.24, 2.45) is 12.8 Å². The first-order valence-electron chi connectivity index (χ1n) is 3.56. The molecule has 0 aliphatic carbocycles. The summed E-state index contributed by atoms with van der Waals surface area (Å²) in [5, 5.41) is 4.07. The molecule has 13 heavy (non-hydrogen) atoms.